The van der Waals surface area contributed by atoms with Gasteiger partial charge in [-0.05, 0) is 43.4 Å². The fourth-order valence-corrected chi connectivity index (χ4v) is 3.69. The predicted molar refractivity (Wildman–Crippen MR) is 126 cm³/mol. The van der Waals surface area contributed by atoms with Gasteiger partial charge in [0.15, 0.2) is 0 Å². The summed E-state index contributed by atoms with van der Waals surface area (Å²) in [7, 11) is 1.46. The van der Waals surface area contributed by atoms with E-state index in [4.69, 9.17) is 0 Å². The summed E-state index contributed by atoms with van der Waals surface area (Å²) in [6, 6.07) is 9.05. The lowest BCUT2D eigenvalue weighted by Crippen LogP contribution is -2.01. The lowest BCUT2D eigenvalue weighted by molar-refractivity contribution is -0.140. The normalized spacial score (nSPS) is 10.8. The van der Waals surface area contributed by atoms with Gasteiger partial charge in [-0.3, -0.25) is 4.79 Å². The summed E-state index contributed by atoms with van der Waals surface area (Å²) >= 11 is 0. The lowest BCUT2D eigenvalue weighted by Gasteiger charge is -2.08. The monoisotopic (exact) mass is 403 g/mol. The zero-order chi connectivity index (χ0) is 21.0. The van der Waals surface area contributed by atoms with Gasteiger partial charge in [0.2, 0.25) is 0 Å². The van der Waals surface area contributed by atoms with Gasteiger partial charge in [-0.1, -0.05) is 89.7 Å². The minimum atomic E-state index is -0.0788. The summed E-state index contributed by atoms with van der Waals surface area (Å²) in [6.07, 6.45) is 19.8. The molecular weight excluding hydrogens is 358 g/mol. The Morgan fingerprint density at radius 1 is 0.759 bits per heavy atom. The van der Waals surface area contributed by atoms with Gasteiger partial charge in [0.25, 0.3) is 0 Å². The molecule has 1 aromatic carbocycles. The summed E-state index contributed by atoms with van der Waals surface area (Å²) in [5.74, 6) is -0.0788. The molecular formula is C26H45NO2. The van der Waals surface area contributed by atoms with Crippen molar-refractivity contribution >= 4 is 11.7 Å². The van der Waals surface area contributed by atoms with E-state index in [9.17, 15) is 4.79 Å². The highest BCUT2D eigenvalue weighted by atomic mass is 16.5. The van der Waals surface area contributed by atoms with Crippen LogP contribution in [0.4, 0.5) is 5.69 Å². The summed E-state index contributed by atoms with van der Waals surface area (Å²) in [4.78, 5) is 11.0. The molecule has 166 valence electrons. The van der Waals surface area contributed by atoms with E-state index in [1.54, 1.807) is 0 Å². The van der Waals surface area contributed by atoms with Crippen LogP contribution >= 0.6 is 0 Å². The molecule has 0 saturated carbocycles. The number of ether oxygens (including phenoxy) is 1. The first-order valence-electron chi connectivity index (χ1n) is 12.2. The molecule has 1 rings (SSSR count). The third kappa shape index (κ3) is 15.1. The van der Waals surface area contributed by atoms with Crippen molar-refractivity contribution in [1.29, 1.82) is 0 Å². The van der Waals surface area contributed by atoms with Gasteiger partial charge in [0, 0.05) is 18.7 Å². The second kappa shape index (κ2) is 18.5. The molecule has 0 unspecified atom stereocenters. The van der Waals surface area contributed by atoms with Gasteiger partial charge in [-0.25, -0.2) is 0 Å². The minimum Gasteiger partial charge on any atom is -0.469 e. The molecule has 0 aliphatic carbocycles. The van der Waals surface area contributed by atoms with E-state index in [1.807, 2.05) is 0 Å². The number of anilines is 1. The number of methoxy groups -OCH3 is 1. The van der Waals surface area contributed by atoms with E-state index in [-0.39, 0.29) is 5.97 Å². The Labute approximate surface area is 180 Å². The Balaban J connectivity index is 1.92. The highest BCUT2D eigenvalue weighted by Gasteiger charge is 1.99. The molecule has 1 N–H and O–H groups in total. The molecule has 0 bridgehead atoms. The first kappa shape index (κ1) is 25.5. The van der Waals surface area contributed by atoms with Crippen LogP contribution in [0.15, 0.2) is 24.3 Å². The number of rotatable bonds is 19. The molecule has 0 aliphatic heterocycles. The summed E-state index contributed by atoms with van der Waals surface area (Å²) in [5.41, 5.74) is 2.72. The van der Waals surface area contributed by atoms with Gasteiger partial charge in [-0.2, -0.15) is 0 Å². The van der Waals surface area contributed by atoms with Crippen LogP contribution in [0.3, 0.4) is 0 Å². The fourth-order valence-electron chi connectivity index (χ4n) is 3.69. The molecule has 0 radical (unpaired) electrons. The van der Waals surface area contributed by atoms with E-state index in [2.05, 4.69) is 41.2 Å². The molecule has 0 amide bonds. The number of aryl methyl sites for hydroxylation is 1. The van der Waals surface area contributed by atoms with E-state index >= 15 is 0 Å². The van der Waals surface area contributed by atoms with Crippen LogP contribution in [0, 0.1) is 0 Å². The second-order valence-corrected chi connectivity index (χ2v) is 8.30. The van der Waals surface area contributed by atoms with Crippen molar-refractivity contribution in [2.75, 3.05) is 19.0 Å². The standard InChI is InChI=1S/C26H45NO2/c1-3-4-5-6-11-14-17-24-19-21-25(22-20-24)27-23-16-13-10-8-7-9-12-15-18-26(28)29-2/h19-22,27H,3-18,23H2,1-2H3. The number of carbonyl (C=O) groups excluding carboxylic acids is 1. The molecule has 0 spiro atoms. The Kier molecular flexibility index (Phi) is 16.3. The fraction of sp³-hybridized carbons (Fsp3) is 0.731. The van der Waals surface area contributed by atoms with Gasteiger partial charge < -0.3 is 10.1 Å². The number of esters is 1. The summed E-state index contributed by atoms with van der Waals surface area (Å²) in [5, 5.41) is 3.55. The quantitative estimate of drug-likeness (QED) is 0.190. The van der Waals surface area contributed by atoms with Crippen molar-refractivity contribution in [3.63, 3.8) is 0 Å². The molecule has 0 fully saturated rings. The van der Waals surface area contributed by atoms with Crippen molar-refractivity contribution in [2.45, 2.75) is 110 Å². The van der Waals surface area contributed by atoms with Crippen LogP contribution in [-0.4, -0.2) is 19.6 Å². The Bertz CT molecular complexity index is 498. The number of hydrogen-bond acceptors (Lipinski definition) is 3. The number of unbranched alkanes of at least 4 members (excludes halogenated alkanes) is 12. The van der Waals surface area contributed by atoms with Crippen LogP contribution in [-0.2, 0) is 16.0 Å². The minimum absolute atomic E-state index is 0.0788. The van der Waals surface area contributed by atoms with Crippen LogP contribution in [0.2, 0.25) is 0 Å². The maximum absolute atomic E-state index is 11.0. The van der Waals surface area contributed by atoms with Gasteiger partial charge in [-0.15, -0.1) is 0 Å². The average Bonchev–Trinajstić information content (AvgIpc) is 2.75. The molecule has 0 atom stereocenters. The molecule has 0 aromatic heterocycles. The largest absolute Gasteiger partial charge is 0.469 e. The van der Waals surface area contributed by atoms with Gasteiger partial charge >= 0.3 is 5.97 Å². The Hall–Kier alpha value is -1.51. The lowest BCUT2D eigenvalue weighted by atomic mass is 10.0. The molecule has 3 heteroatoms. The van der Waals surface area contributed by atoms with Crippen molar-refractivity contribution in [1.82, 2.24) is 0 Å². The molecule has 0 aliphatic rings. The summed E-state index contributed by atoms with van der Waals surface area (Å²) < 4.78 is 4.66. The first-order chi connectivity index (χ1) is 14.3. The van der Waals surface area contributed by atoms with Crippen molar-refractivity contribution in [3.05, 3.63) is 29.8 Å². The highest BCUT2D eigenvalue weighted by molar-refractivity contribution is 5.68. The molecule has 0 heterocycles. The van der Waals surface area contributed by atoms with Crippen molar-refractivity contribution in [2.24, 2.45) is 0 Å². The SMILES string of the molecule is CCCCCCCCc1ccc(NCCCCCCCCCCC(=O)OC)cc1. The number of nitrogens with one attached hydrogen (secondary N) is 1. The Morgan fingerprint density at radius 2 is 1.31 bits per heavy atom. The van der Waals surface area contributed by atoms with Gasteiger partial charge in [0.05, 0.1) is 7.11 Å². The zero-order valence-corrected chi connectivity index (χ0v) is 19.1. The predicted octanol–water partition coefficient (Wildman–Crippen LogP) is 7.69. The molecule has 29 heavy (non-hydrogen) atoms. The molecule has 1 aromatic rings. The topological polar surface area (TPSA) is 38.3 Å². The first-order valence-corrected chi connectivity index (χ1v) is 12.2. The number of benzene rings is 1. The highest BCUT2D eigenvalue weighted by Crippen LogP contribution is 2.14. The van der Waals surface area contributed by atoms with Crippen LogP contribution < -0.4 is 5.32 Å². The van der Waals surface area contributed by atoms with Crippen LogP contribution in [0.1, 0.15) is 109 Å². The van der Waals surface area contributed by atoms with Crippen LogP contribution in [0.25, 0.3) is 0 Å². The molecule has 0 saturated heterocycles. The second-order valence-electron chi connectivity index (χ2n) is 8.30. The van der Waals surface area contributed by atoms with E-state index in [0.717, 1.165) is 19.4 Å². The maximum Gasteiger partial charge on any atom is 0.305 e. The average molecular weight is 404 g/mol. The Morgan fingerprint density at radius 3 is 1.93 bits per heavy atom. The van der Waals surface area contributed by atoms with Gasteiger partial charge in [0.1, 0.15) is 0 Å². The van der Waals surface area contributed by atoms with E-state index in [1.165, 1.54) is 102 Å². The third-order valence-electron chi connectivity index (χ3n) is 5.64. The van der Waals surface area contributed by atoms with E-state index < -0.39 is 0 Å². The smallest absolute Gasteiger partial charge is 0.305 e. The third-order valence-corrected chi connectivity index (χ3v) is 5.64. The van der Waals surface area contributed by atoms with Crippen molar-refractivity contribution < 1.29 is 9.53 Å². The van der Waals surface area contributed by atoms with Crippen molar-refractivity contribution in [3.8, 4) is 0 Å². The van der Waals surface area contributed by atoms with E-state index in [0.29, 0.717) is 6.42 Å². The number of carbonyl (C=O) groups is 1. The van der Waals surface area contributed by atoms with Crippen LogP contribution in [0.5, 0.6) is 0 Å². The zero-order valence-electron chi connectivity index (χ0n) is 19.1. The summed E-state index contributed by atoms with van der Waals surface area (Å²) in [6.45, 7) is 3.34. The number of hydrogen-bond donors (Lipinski definition) is 1. The maximum atomic E-state index is 11.0. The molecule has 3 nitrogen and oxygen atoms in total.